The maximum absolute atomic E-state index is 14.7. The SMILES string of the molecule is CCCCCCCc1ccc(-c2ncc(C(=O)NC(CCN)C(=O)N(C)[C@@H]3C(=O)N[C@@H](C)C(=O)N[C@H](C(=O)NCC#N)Cc4ccc(OCCN)c(c4)-c4cc3ccc4OCCN)c(C)n2)cc1. The number of hydrogen-bond donors (Lipinski definition) is 7. The Morgan fingerprint density at radius 3 is 2.22 bits per heavy atom. The lowest BCUT2D eigenvalue weighted by Crippen LogP contribution is -2.56. The van der Waals surface area contributed by atoms with Gasteiger partial charge >= 0.3 is 0 Å². The number of nitrogens with zero attached hydrogens (tertiary/aromatic N) is 4. The van der Waals surface area contributed by atoms with Crippen molar-refractivity contribution < 1.29 is 33.4 Å². The van der Waals surface area contributed by atoms with Crippen molar-refractivity contribution in [2.24, 2.45) is 17.2 Å². The first kappa shape index (κ1) is 52.0. The molecule has 1 aliphatic rings. The fourth-order valence-electron chi connectivity index (χ4n) is 7.95. The molecule has 4 bridgehead atoms. The highest BCUT2D eigenvalue weighted by Crippen LogP contribution is 2.40. The number of aryl methyl sites for hydroxylation is 2. The van der Waals surface area contributed by atoms with Gasteiger partial charge in [-0.05, 0) is 80.6 Å². The van der Waals surface area contributed by atoms with Crippen molar-refractivity contribution in [2.45, 2.75) is 96.3 Å². The molecule has 18 nitrogen and oxygen atoms in total. The number of rotatable bonds is 21. The van der Waals surface area contributed by atoms with Crippen LogP contribution in [0.3, 0.4) is 0 Å². The van der Waals surface area contributed by atoms with E-state index in [2.05, 4.69) is 50.3 Å². The molecule has 1 aromatic heterocycles. The van der Waals surface area contributed by atoms with Crippen molar-refractivity contribution in [2.75, 3.05) is 46.4 Å². The van der Waals surface area contributed by atoms with Crippen LogP contribution in [0.1, 0.15) is 91.2 Å². The lowest BCUT2D eigenvalue weighted by atomic mass is 9.93. The van der Waals surface area contributed by atoms with E-state index in [4.69, 9.17) is 26.7 Å². The highest BCUT2D eigenvalue weighted by molar-refractivity contribution is 6.00. The fourth-order valence-corrected chi connectivity index (χ4v) is 7.95. The third-order valence-electron chi connectivity index (χ3n) is 11.6. The standard InChI is InChI=1S/C50H65N11O7/c1-5-6-7-8-9-10-33-11-14-35(15-12-33)45-56-30-39(31(2)57-45)47(63)59-40(19-20-51)50(66)61(4)44-36-16-18-43(68-26-23-54)38(29-36)37-27-34(13-17-42(37)67-25-22-53)28-41(48(64)55-24-21-52)60-46(62)32(3)58-49(44)65/h11-18,27,29-30,32,40-41,44H,5-10,19-20,22-26,28,51,53-54H2,1-4H3,(H,55,64)(H,58,65)(H,59,63)(H,60,62)/t32-,40?,41-,44-/m0/s1. The third-order valence-corrected chi connectivity index (χ3v) is 11.6. The van der Waals surface area contributed by atoms with Crippen LogP contribution in [0.25, 0.3) is 22.5 Å². The first-order valence-corrected chi connectivity index (χ1v) is 23.2. The molecule has 0 fully saturated rings. The minimum atomic E-state index is -1.40. The van der Waals surface area contributed by atoms with Gasteiger partial charge in [-0.1, -0.05) is 69.0 Å². The van der Waals surface area contributed by atoms with E-state index in [1.165, 1.54) is 56.3 Å². The summed E-state index contributed by atoms with van der Waals surface area (Å²) in [6.07, 6.45) is 8.44. The van der Waals surface area contributed by atoms with Crippen molar-refractivity contribution in [1.82, 2.24) is 36.1 Å². The van der Waals surface area contributed by atoms with Crippen LogP contribution in [0.2, 0.25) is 0 Å². The summed E-state index contributed by atoms with van der Waals surface area (Å²) in [6.45, 7) is 5.71. The van der Waals surface area contributed by atoms with E-state index in [-0.39, 0.29) is 57.8 Å². The van der Waals surface area contributed by atoms with E-state index < -0.39 is 53.7 Å². The summed E-state index contributed by atoms with van der Waals surface area (Å²) < 4.78 is 12.2. The molecule has 0 saturated carbocycles. The van der Waals surface area contributed by atoms with Gasteiger partial charge in [-0.3, -0.25) is 24.0 Å². The van der Waals surface area contributed by atoms with Crippen LogP contribution in [0.15, 0.2) is 66.9 Å². The summed E-state index contributed by atoms with van der Waals surface area (Å²) in [4.78, 5) is 80.6. The molecule has 1 aliphatic heterocycles. The second-order valence-electron chi connectivity index (χ2n) is 16.7. The molecule has 362 valence electrons. The summed E-state index contributed by atoms with van der Waals surface area (Å²) in [7, 11) is 1.42. The Balaban J connectivity index is 1.49. The highest BCUT2D eigenvalue weighted by Gasteiger charge is 2.36. The van der Waals surface area contributed by atoms with Gasteiger partial charge in [0.1, 0.15) is 55.4 Å². The molecule has 68 heavy (non-hydrogen) atoms. The summed E-state index contributed by atoms with van der Waals surface area (Å²) in [5.41, 5.74) is 22.2. The topological polar surface area (TPSA) is 283 Å². The van der Waals surface area contributed by atoms with Crippen LogP contribution in [-0.2, 0) is 32.0 Å². The molecule has 0 spiro atoms. The number of likely N-dealkylation sites (N-methyl/N-ethyl adjacent to an activating group) is 1. The number of nitrogens with one attached hydrogen (secondary N) is 4. The average molecular weight is 932 g/mol. The maximum Gasteiger partial charge on any atom is 0.255 e. The van der Waals surface area contributed by atoms with Gasteiger partial charge in [0.25, 0.3) is 5.91 Å². The molecule has 4 aromatic rings. The number of nitriles is 1. The molecule has 10 N–H and O–H groups in total. The van der Waals surface area contributed by atoms with Gasteiger partial charge in [0.05, 0.1) is 17.3 Å². The number of nitrogens with two attached hydrogens (primary N) is 3. The Morgan fingerprint density at radius 1 is 0.897 bits per heavy atom. The molecule has 4 atom stereocenters. The number of carbonyl (C=O) groups is 5. The highest BCUT2D eigenvalue weighted by atomic mass is 16.5. The number of unbranched alkanes of at least 4 members (excludes halogenated alkanes) is 4. The molecule has 0 aliphatic carbocycles. The van der Waals surface area contributed by atoms with E-state index in [1.807, 2.05) is 18.2 Å². The van der Waals surface area contributed by atoms with Gasteiger partial charge in [-0.15, -0.1) is 0 Å². The summed E-state index contributed by atoms with van der Waals surface area (Å²) in [5.74, 6) is -2.12. The van der Waals surface area contributed by atoms with Crippen LogP contribution in [-0.4, -0.2) is 109 Å². The molecule has 2 heterocycles. The van der Waals surface area contributed by atoms with Crippen LogP contribution in [0.5, 0.6) is 11.5 Å². The number of hydrogen-bond acceptors (Lipinski definition) is 13. The molecule has 0 saturated heterocycles. The van der Waals surface area contributed by atoms with Gasteiger partial charge in [-0.2, -0.15) is 5.26 Å². The van der Waals surface area contributed by atoms with Crippen molar-refractivity contribution in [3.8, 4) is 40.1 Å². The average Bonchev–Trinajstić information content (AvgIpc) is 3.33. The number of fused-ring (bicyclic) bond motifs is 5. The van der Waals surface area contributed by atoms with E-state index in [1.54, 1.807) is 43.3 Å². The number of aromatic nitrogens is 2. The number of carbonyl (C=O) groups excluding carboxylic acids is 5. The van der Waals surface area contributed by atoms with Crippen molar-refractivity contribution in [1.29, 1.82) is 5.26 Å². The number of amides is 5. The number of ether oxygens (including phenoxy) is 2. The van der Waals surface area contributed by atoms with E-state index in [0.29, 0.717) is 45.3 Å². The third kappa shape index (κ3) is 13.8. The van der Waals surface area contributed by atoms with Crippen molar-refractivity contribution in [3.63, 3.8) is 0 Å². The van der Waals surface area contributed by atoms with Crippen LogP contribution < -0.4 is 47.9 Å². The Kier molecular flexibility index (Phi) is 19.8. The summed E-state index contributed by atoms with van der Waals surface area (Å²) >= 11 is 0. The molecule has 5 amide bonds. The second kappa shape index (κ2) is 25.8. The van der Waals surface area contributed by atoms with E-state index in [9.17, 15) is 29.2 Å². The van der Waals surface area contributed by atoms with Gasteiger partial charge in [0, 0.05) is 49.4 Å². The maximum atomic E-state index is 14.7. The lowest BCUT2D eigenvalue weighted by molar-refractivity contribution is -0.141. The lowest BCUT2D eigenvalue weighted by Gasteiger charge is -2.32. The normalized spacial score (nSPS) is 16.2. The smallest absolute Gasteiger partial charge is 0.255 e. The first-order chi connectivity index (χ1) is 32.8. The predicted octanol–water partition coefficient (Wildman–Crippen LogP) is 3.14. The minimum Gasteiger partial charge on any atom is -0.492 e. The van der Waals surface area contributed by atoms with Crippen molar-refractivity contribution in [3.05, 3.63) is 94.8 Å². The van der Waals surface area contributed by atoms with Gasteiger partial charge < -0.3 is 52.8 Å². The molecule has 3 aromatic carbocycles. The molecule has 5 rings (SSSR count). The van der Waals surface area contributed by atoms with Gasteiger partial charge in [0.15, 0.2) is 5.82 Å². The molecular weight excluding hydrogens is 867 g/mol. The molecule has 1 unspecified atom stereocenters. The number of benzene rings is 3. The van der Waals surface area contributed by atoms with Crippen molar-refractivity contribution >= 4 is 29.5 Å². The Hall–Kier alpha value is -6.94. The zero-order valence-corrected chi connectivity index (χ0v) is 39.4. The van der Waals surface area contributed by atoms with E-state index >= 15 is 0 Å². The Bertz CT molecular complexity index is 2420. The Morgan fingerprint density at radius 2 is 1.57 bits per heavy atom. The van der Waals surface area contributed by atoms with Gasteiger partial charge in [-0.25, -0.2) is 9.97 Å². The fraction of sp³-hybridized carbons (Fsp3) is 0.440. The van der Waals surface area contributed by atoms with Crippen LogP contribution >= 0.6 is 0 Å². The monoisotopic (exact) mass is 932 g/mol. The minimum absolute atomic E-state index is 0.00355. The molecular formula is C50H65N11O7. The van der Waals surface area contributed by atoms with Gasteiger partial charge in [0.2, 0.25) is 23.6 Å². The van der Waals surface area contributed by atoms with E-state index in [0.717, 1.165) is 18.4 Å². The molecule has 18 heteroatoms. The zero-order valence-electron chi connectivity index (χ0n) is 39.4. The van der Waals surface area contributed by atoms with Crippen LogP contribution in [0.4, 0.5) is 0 Å². The predicted molar refractivity (Wildman–Crippen MR) is 258 cm³/mol. The second-order valence-corrected chi connectivity index (χ2v) is 16.7. The van der Waals surface area contributed by atoms with Crippen LogP contribution in [0, 0.1) is 18.3 Å². The zero-order chi connectivity index (χ0) is 49.2. The summed E-state index contributed by atoms with van der Waals surface area (Å²) in [6, 6.07) is 15.1. The first-order valence-electron chi connectivity index (χ1n) is 23.2. The largest absolute Gasteiger partial charge is 0.492 e. The molecule has 0 radical (unpaired) electrons. The Labute approximate surface area is 398 Å². The summed E-state index contributed by atoms with van der Waals surface area (Å²) in [5, 5.41) is 19.9. The quantitative estimate of drug-likeness (QED) is 0.0468.